The minimum atomic E-state index is -0.460. The van der Waals surface area contributed by atoms with Gasteiger partial charge in [0, 0.05) is 41.6 Å². The molecule has 0 aliphatic carbocycles. The van der Waals surface area contributed by atoms with Gasteiger partial charge in [-0.25, -0.2) is 13.8 Å². The Hall–Kier alpha value is -3.48. The third-order valence-corrected chi connectivity index (χ3v) is 4.94. The average Bonchev–Trinajstić information content (AvgIpc) is 2.94. The maximum Gasteiger partial charge on any atom is 0.272 e. The molecule has 0 saturated carbocycles. The molecule has 134 valence electrons. The summed E-state index contributed by atoms with van der Waals surface area (Å²) in [5, 5.41) is 0.777. The first kappa shape index (κ1) is 15.7. The zero-order valence-electron chi connectivity index (χ0n) is 14.3. The molecule has 0 unspecified atom stereocenters. The molecule has 5 nitrogen and oxygen atoms in total. The highest BCUT2D eigenvalue weighted by molar-refractivity contribution is 6.02. The van der Waals surface area contributed by atoms with Crippen LogP contribution in [0, 0.1) is 11.6 Å². The number of anilines is 2. The van der Waals surface area contributed by atoms with Gasteiger partial charge in [-0.2, -0.15) is 0 Å². The lowest BCUT2D eigenvalue weighted by Gasteiger charge is -2.24. The van der Waals surface area contributed by atoms with E-state index in [1.165, 1.54) is 18.2 Å². The molecular formula is C20H14F2N4O. The van der Waals surface area contributed by atoms with Crippen molar-refractivity contribution in [1.82, 2.24) is 14.5 Å². The second-order valence-corrected chi connectivity index (χ2v) is 6.61. The Kier molecular flexibility index (Phi) is 3.21. The monoisotopic (exact) mass is 364 g/mol. The van der Waals surface area contributed by atoms with Crippen LogP contribution in [-0.4, -0.2) is 14.5 Å². The predicted molar refractivity (Wildman–Crippen MR) is 99.0 cm³/mol. The summed E-state index contributed by atoms with van der Waals surface area (Å²) in [4.78, 5) is 21.3. The zero-order valence-corrected chi connectivity index (χ0v) is 14.3. The number of hydrogen-bond donors (Lipinski definition) is 1. The van der Waals surface area contributed by atoms with Crippen molar-refractivity contribution in [1.29, 1.82) is 0 Å². The minimum absolute atomic E-state index is 0.205. The smallest absolute Gasteiger partial charge is 0.272 e. The highest BCUT2D eigenvalue weighted by Gasteiger charge is 2.27. The van der Waals surface area contributed by atoms with Crippen LogP contribution in [0.3, 0.4) is 0 Å². The molecule has 0 saturated heterocycles. The van der Waals surface area contributed by atoms with Crippen LogP contribution in [0.5, 0.6) is 0 Å². The molecule has 4 heterocycles. The fourth-order valence-corrected chi connectivity index (χ4v) is 3.77. The molecule has 1 aliphatic rings. The van der Waals surface area contributed by atoms with Gasteiger partial charge in [-0.3, -0.25) is 4.79 Å². The highest BCUT2D eigenvalue weighted by atomic mass is 19.1. The average molecular weight is 364 g/mol. The molecule has 0 fully saturated rings. The number of aromatic nitrogens is 3. The van der Waals surface area contributed by atoms with Crippen LogP contribution in [0.2, 0.25) is 0 Å². The first-order chi connectivity index (χ1) is 13.0. The van der Waals surface area contributed by atoms with Crippen molar-refractivity contribution in [3.8, 4) is 11.1 Å². The fourth-order valence-electron chi connectivity index (χ4n) is 3.77. The third kappa shape index (κ3) is 2.28. The largest absolute Gasteiger partial charge is 0.345 e. The van der Waals surface area contributed by atoms with Crippen LogP contribution in [-0.2, 0) is 13.6 Å². The number of fused-ring (bicyclic) bond motifs is 2. The molecule has 0 bridgehead atoms. The van der Waals surface area contributed by atoms with E-state index in [0.29, 0.717) is 23.4 Å². The summed E-state index contributed by atoms with van der Waals surface area (Å²) in [6, 6.07) is 7.48. The van der Waals surface area contributed by atoms with Gasteiger partial charge in [0.1, 0.15) is 23.0 Å². The van der Waals surface area contributed by atoms with Gasteiger partial charge >= 0.3 is 0 Å². The number of H-pyrrole nitrogens is 1. The number of nitrogens with one attached hydrogen (secondary N) is 1. The molecule has 0 spiro atoms. The van der Waals surface area contributed by atoms with Crippen molar-refractivity contribution < 1.29 is 8.78 Å². The van der Waals surface area contributed by atoms with Crippen LogP contribution in [0.15, 0.2) is 53.7 Å². The summed E-state index contributed by atoms with van der Waals surface area (Å²) >= 11 is 0. The maximum atomic E-state index is 14.0. The Balaban J connectivity index is 1.86. The first-order valence-electron chi connectivity index (χ1n) is 8.41. The normalized spacial score (nSPS) is 12.9. The van der Waals surface area contributed by atoms with E-state index >= 15 is 0 Å². The van der Waals surface area contributed by atoms with Gasteiger partial charge in [-0.1, -0.05) is 0 Å². The summed E-state index contributed by atoms with van der Waals surface area (Å²) in [5.74, 6) is -0.242. The Labute approximate surface area is 152 Å². The standard InChI is InChI=1S/C20H14F2N4O/c1-25-10-16-15-6-13(22)8-23-19(15)26(14-4-2-12(21)3-5-14)9-11-7-24-20(27)18(25)17(11)16/h2-8,10H,9H2,1H3,(H,24,27). The number of hydrogen-bond acceptors (Lipinski definition) is 3. The zero-order chi connectivity index (χ0) is 18.7. The van der Waals surface area contributed by atoms with Crippen LogP contribution in [0.4, 0.5) is 20.3 Å². The summed E-state index contributed by atoms with van der Waals surface area (Å²) in [6.45, 7) is 0.404. The number of rotatable bonds is 1. The van der Waals surface area contributed by atoms with E-state index < -0.39 is 5.82 Å². The van der Waals surface area contributed by atoms with Crippen molar-refractivity contribution in [3.63, 3.8) is 0 Å². The van der Waals surface area contributed by atoms with E-state index in [9.17, 15) is 13.6 Å². The van der Waals surface area contributed by atoms with Gasteiger partial charge in [0.2, 0.25) is 0 Å². The Morgan fingerprint density at radius 3 is 2.67 bits per heavy atom. The van der Waals surface area contributed by atoms with Gasteiger partial charge in [-0.15, -0.1) is 0 Å². The van der Waals surface area contributed by atoms with E-state index in [-0.39, 0.29) is 11.4 Å². The Bertz CT molecular complexity index is 1260. The van der Waals surface area contributed by atoms with Gasteiger partial charge in [0.05, 0.1) is 12.7 Å². The summed E-state index contributed by atoms with van der Waals surface area (Å²) in [7, 11) is 1.79. The Morgan fingerprint density at radius 1 is 1.11 bits per heavy atom. The van der Waals surface area contributed by atoms with Gasteiger partial charge in [0.25, 0.3) is 5.56 Å². The topological polar surface area (TPSA) is 53.9 Å². The number of nitrogens with zero attached hydrogens (tertiary/aromatic N) is 3. The molecule has 27 heavy (non-hydrogen) atoms. The van der Waals surface area contributed by atoms with E-state index in [0.717, 1.165) is 28.4 Å². The van der Waals surface area contributed by atoms with Crippen LogP contribution in [0.1, 0.15) is 5.56 Å². The number of pyridine rings is 2. The molecule has 3 aromatic heterocycles. The van der Waals surface area contributed by atoms with Crippen molar-refractivity contribution >= 4 is 22.4 Å². The Morgan fingerprint density at radius 2 is 1.89 bits per heavy atom. The number of benzene rings is 1. The SMILES string of the molecule is Cn1cc2c3c(c[nH]c(=O)c31)CN(c1ccc(F)cc1)c1ncc(F)cc1-2. The highest BCUT2D eigenvalue weighted by Crippen LogP contribution is 2.42. The van der Waals surface area contributed by atoms with Crippen molar-refractivity contribution in [2.75, 3.05) is 4.90 Å². The summed E-state index contributed by atoms with van der Waals surface area (Å²) in [6.07, 6.45) is 4.65. The molecule has 0 amide bonds. The maximum absolute atomic E-state index is 14.0. The molecular weight excluding hydrogens is 350 g/mol. The number of aromatic amines is 1. The second kappa shape index (κ2) is 5.51. The van der Waals surface area contributed by atoms with Crippen molar-refractivity contribution in [2.45, 2.75) is 6.54 Å². The molecule has 7 heteroatoms. The molecule has 4 aromatic rings. The quantitative estimate of drug-likeness (QED) is 0.558. The lowest BCUT2D eigenvalue weighted by molar-refractivity contribution is 0.621. The van der Waals surface area contributed by atoms with E-state index in [1.807, 2.05) is 11.1 Å². The van der Waals surface area contributed by atoms with Crippen LogP contribution in [0.25, 0.3) is 22.0 Å². The first-order valence-corrected chi connectivity index (χ1v) is 8.41. The summed E-state index contributed by atoms with van der Waals surface area (Å²) in [5.41, 5.74) is 3.27. The molecule has 1 N–H and O–H groups in total. The minimum Gasteiger partial charge on any atom is -0.345 e. The molecule has 0 radical (unpaired) electrons. The molecule has 1 aromatic carbocycles. The molecule has 5 rings (SSSR count). The van der Waals surface area contributed by atoms with Crippen LogP contribution < -0.4 is 10.5 Å². The van der Waals surface area contributed by atoms with E-state index in [1.54, 1.807) is 29.9 Å². The fraction of sp³-hybridized carbons (Fsp3) is 0.100. The number of aryl methyl sites for hydroxylation is 1. The molecule has 0 atom stereocenters. The third-order valence-electron chi connectivity index (χ3n) is 4.94. The van der Waals surface area contributed by atoms with Crippen molar-refractivity contribution in [2.24, 2.45) is 7.05 Å². The number of halogens is 2. The van der Waals surface area contributed by atoms with Crippen LogP contribution >= 0.6 is 0 Å². The molecule has 1 aliphatic heterocycles. The van der Waals surface area contributed by atoms with Crippen molar-refractivity contribution in [3.05, 3.63) is 76.5 Å². The van der Waals surface area contributed by atoms with E-state index in [2.05, 4.69) is 9.97 Å². The van der Waals surface area contributed by atoms with E-state index in [4.69, 9.17) is 0 Å². The second-order valence-electron chi connectivity index (χ2n) is 6.61. The lowest BCUT2D eigenvalue weighted by Crippen LogP contribution is -2.19. The van der Waals surface area contributed by atoms with Gasteiger partial charge in [-0.05, 0) is 35.9 Å². The van der Waals surface area contributed by atoms with Gasteiger partial charge in [0.15, 0.2) is 0 Å². The summed E-state index contributed by atoms with van der Waals surface area (Å²) < 4.78 is 29.2. The predicted octanol–water partition coefficient (Wildman–Crippen LogP) is 3.86. The van der Waals surface area contributed by atoms with Gasteiger partial charge < -0.3 is 14.5 Å². The lowest BCUT2D eigenvalue weighted by atomic mass is 10.0.